The Bertz CT molecular complexity index is 291. The number of rotatable bonds is 20. The lowest BCUT2D eigenvalue weighted by Crippen LogP contribution is -2.47. The second-order valence-corrected chi connectivity index (χ2v) is 6.93. The summed E-state index contributed by atoms with van der Waals surface area (Å²) in [6.07, 6.45) is 8.14. The Morgan fingerprint density at radius 1 is 0.536 bits per heavy atom. The zero-order valence-corrected chi connectivity index (χ0v) is 18.7. The van der Waals surface area contributed by atoms with Gasteiger partial charge in [-0.15, -0.1) is 0 Å². The van der Waals surface area contributed by atoms with E-state index in [-0.39, 0.29) is 33.0 Å². The van der Waals surface area contributed by atoms with Gasteiger partial charge >= 0.3 is 6.03 Å². The van der Waals surface area contributed by atoms with Crippen molar-refractivity contribution in [1.29, 1.82) is 0 Å². The molecular weight excluding hydrogens is 360 g/mol. The fraction of sp³-hybridized carbons (Fsp3) is 0.952. The molecule has 0 fully saturated rings. The molecule has 0 aromatic heterocycles. The van der Waals surface area contributed by atoms with Crippen molar-refractivity contribution in [2.24, 2.45) is 0 Å². The summed E-state index contributed by atoms with van der Waals surface area (Å²) >= 11 is 0. The van der Waals surface area contributed by atoms with Crippen LogP contribution in [0, 0.1) is 0 Å². The van der Waals surface area contributed by atoms with Gasteiger partial charge in [0, 0.05) is 26.4 Å². The van der Waals surface area contributed by atoms with Crippen molar-refractivity contribution in [1.82, 2.24) is 9.80 Å². The Kier molecular flexibility index (Phi) is 20.2. The number of carbonyl (C=O) groups is 1. The van der Waals surface area contributed by atoms with Gasteiger partial charge in [-0.05, 0) is 25.7 Å². The van der Waals surface area contributed by atoms with E-state index >= 15 is 0 Å². The van der Waals surface area contributed by atoms with Crippen LogP contribution in [0.2, 0.25) is 0 Å². The molecule has 7 heteroatoms. The molecule has 0 aliphatic carbocycles. The Hall–Kier alpha value is -0.890. The molecule has 0 unspecified atom stereocenters. The van der Waals surface area contributed by atoms with Crippen LogP contribution in [-0.4, -0.2) is 69.2 Å². The molecule has 168 valence electrons. The van der Waals surface area contributed by atoms with Crippen LogP contribution in [-0.2, 0) is 18.9 Å². The second kappa shape index (κ2) is 20.8. The number of nitrogens with zero attached hydrogens (tertiary/aromatic N) is 2. The minimum Gasteiger partial charge on any atom is -0.361 e. The van der Waals surface area contributed by atoms with Gasteiger partial charge in [0.2, 0.25) is 0 Å². The van der Waals surface area contributed by atoms with Gasteiger partial charge in [-0.2, -0.15) is 0 Å². The van der Waals surface area contributed by atoms with Crippen LogP contribution in [0.15, 0.2) is 0 Å². The number of hydrogen-bond donors (Lipinski definition) is 0. The van der Waals surface area contributed by atoms with Gasteiger partial charge in [0.15, 0.2) is 0 Å². The monoisotopic (exact) mass is 404 g/mol. The largest absolute Gasteiger partial charge is 0.361 e. The van der Waals surface area contributed by atoms with Gasteiger partial charge < -0.3 is 18.9 Å². The fourth-order valence-electron chi connectivity index (χ4n) is 2.18. The fourth-order valence-corrected chi connectivity index (χ4v) is 2.18. The summed E-state index contributed by atoms with van der Waals surface area (Å²) in [6, 6.07) is -0.180. The molecule has 0 aliphatic heterocycles. The SMILES string of the molecule is CCCCOCN(COCCCC)C(=O)N(COCCCC)COCCCC. The van der Waals surface area contributed by atoms with E-state index < -0.39 is 0 Å². The zero-order valence-electron chi connectivity index (χ0n) is 18.7. The molecule has 7 nitrogen and oxygen atoms in total. The number of ether oxygens (including phenoxy) is 4. The predicted molar refractivity (Wildman–Crippen MR) is 112 cm³/mol. The highest BCUT2D eigenvalue weighted by atomic mass is 16.5. The Balaban J connectivity index is 4.72. The van der Waals surface area contributed by atoms with E-state index in [1.54, 1.807) is 9.80 Å². The van der Waals surface area contributed by atoms with E-state index in [0.29, 0.717) is 26.4 Å². The topological polar surface area (TPSA) is 60.5 Å². The predicted octanol–water partition coefficient (Wildman–Crippen LogP) is 4.81. The van der Waals surface area contributed by atoms with E-state index in [1.807, 2.05) is 0 Å². The maximum Gasteiger partial charge on any atom is 0.327 e. The first kappa shape index (κ1) is 27.1. The summed E-state index contributed by atoms with van der Waals surface area (Å²) < 4.78 is 22.7. The van der Waals surface area contributed by atoms with Gasteiger partial charge in [0.05, 0.1) is 0 Å². The average Bonchev–Trinajstić information content (AvgIpc) is 2.71. The molecule has 0 aliphatic rings. The van der Waals surface area contributed by atoms with Crippen LogP contribution >= 0.6 is 0 Å². The first-order valence-corrected chi connectivity index (χ1v) is 11.1. The molecule has 0 spiro atoms. The summed E-state index contributed by atoms with van der Waals surface area (Å²) in [7, 11) is 0. The van der Waals surface area contributed by atoms with Gasteiger partial charge in [-0.25, -0.2) is 4.79 Å². The molecule has 0 aromatic carbocycles. The third kappa shape index (κ3) is 15.1. The highest BCUT2D eigenvalue weighted by Gasteiger charge is 2.21. The molecule has 28 heavy (non-hydrogen) atoms. The lowest BCUT2D eigenvalue weighted by molar-refractivity contribution is -0.0621. The lowest BCUT2D eigenvalue weighted by atomic mass is 10.4. The van der Waals surface area contributed by atoms with Gasteiger partial charge in [0.1, 0.15) is 26.9 Å². The molecule has 0 aromatic rings. The van der Waals surface area contributed by atoms with Crippen LogP contribution in [0.5, 0.6) is 0 Å². The van der Waals surface area contributed by atoms with Crippen molar-refractivity contribution >= 4 is 6.03 Å². The number of hydrogen-bond acceptors (Lipinski definition) is 5. The van der Waals surface area contributed by atoms with Crippen molar-refractivity contribution in [2.45, 2.75) is 79.1 Å². The molecule has 0 saturated heterocycles. The third-order valence-corrected chi connectivity index (χ3v) is 4.10. The van der Waals surface area contributed by atoms with E-state index in [4.69, 9.17) is 18.9 Å². The summed E-state index contributed by atoms with van der Waals surface area (Å²) in [5, 5.41) is 0. The molecule has 0 saturated carbocycles. The molecule has 2 amide bonds. The van der Waals surface area contributed by atoms with Gasteiger partial charge in [-0.1, -0.05) is 53.4 Å². The van der Waals surface area contributed by atoms with Crippen molar-refractivity contribution in [3.63, 3.8) is 0 Å². The van der Waals surface area contributed by atoms with Crippen molar-refractivity contribution < 1.29 is 23.7 Å². The first-order valence-electron chi connectivity index (χ1n) is 11.1. The first-order chi connectivity index (χ1) is 13.7. The molecule has 0 heterocycles. The quantitative estimate of drug-likeness (QED) is 0.215. The van der Waals surface area contributed by atoms with Crippen molar-refractivity contribution in [2.75, 3.05) is 53.4 Å². The summed E-state index contributed by atoms with van der Waals surface area (Å²) in [6.45, 7) is 11.8. The maximum atomic E-state index is 13.0. The lowest BCUT2D eigenvalue weighted by Gasteiger charge is -2.30. The van der Waals surface area contributed by atoms with Crippen molar-refractivity contribution in [3.05, 3.63) is 0 Å². The van der Waals surface area contributed by atoms with Crippen LogP contribution in [0.3, 0.4) is 0 Å². The van der Waals surface area contributed by atoms with Gasteiger partial charge in [0.25, 0.3) is 0 Å². The smallest absolute Gasteiger partial charge is 0.327 e. The van der Waals surface area contributed by atoms with Crippen LogP contribution in [0.4, 0.5) is 4.79 Å². The zero-order chi connectivity index (χ0) is 20.9. The number of urea groups is 1. The Morgan fingerprint density at radius 2 is 0.786 bits per heavy atom. The highest BCUT2D eigenvalue weighted by molar-refractivity contribution is 5.73. The molecular formula is C21H44N2O5. The normalized spacial score (nSPS) is 11.0. The molecule has 0 N–H and O–H groups in total. The van der Waals surface area contributed by atoms with Gasteiger partial charge in [-0.3, -0.25) is 9.80 Å². The maximum absolute atomic E-state index is 13.0. The number of amides is 2. The Labute approximate surface area is 172 Å². The molecule has 0 rings (SSSR count). The van der Waals surface area contributed by atoms with Crippen LogP contribution in [0.1, 0.15) is 79.1 Å². The molecule has 0 bridgehead atoms. The summed E-state index contributed by atoms with van der Waals surface area (Å²) in [5.74, 6) is 0. The second-order valence-electron chi connectivity index (χ2n) is 6.93. The average molecular weight is 405 g/mol. The van der Waals surface area contributed by atoms with E-state index in [9.17, 15) is 4.79 Å². The summed E-state index contributed by atoms with van der Waals surface area (Å²) in [4.78, 5) is 16.2. The molecule has 0 radical (unpaired) electrons. The third-order valence-electron chi connectivity index (χ3n) is 4.10. The minimum atomic E-state index is -0.180. The molecule has 0 atom stereocenters. The number of carbonyl (C=O) groups excluding carboxylic acids is 1. The van der Waals surface area contributed by atoms with Crippen molar-refractivity contribution in [3.8, 4) is 0 Å². The van der Waals surface area contributed by atoms with E-state index in [2.05, 4.69) is 27.7 Å². The summed E-state index contributed by atoms with van der Waals surface area (Å²) in [5.41, 5.74) is 0. The highest BCUT2D eigenvalue weighted by Crippen LogP contribution is 2.05. The standard InChI is InChI=1S/C21H44N2O5/c1-5-9-13-25-17-22(18-26-14-10-6-2)21(24)23(19-27-15-11-7-3)20-28-16-12-8-4/h5-20H2,1-4H3. The van der Waals surface area contributed by atoms with E-state index in [0.717, 1.165) is 51.4 Å². The Morgan fingerprint density at radius 3 is 1.00 bits per heavy atom. The van der Waals surface area contributed by atoms with Crippen LogP contribution in [0.25, 0.3) is 0 Å². The number of unbranched alkanes of at least 4 members (excludes halogenated alkanes) is 4. The van der Waals surface area contributed by atoms with E-state index in [1.165, 1.54) is 0 Å². The minimum absolute atomic E-state index is 0.180. The van der Waals surface area contributed by atoms with Crippen LogP contribution < -0.4 is 0 Å².